The Balaban J connectivity index is 1.42. The lowest BCUT2D eigenvalue weighted by atomic mass is 10.2. The number of carbonyl (C=O) groups is 1. The number of rotatable bonds is 8. The van der Waals surface area contributed by atoms with Crippen LogP contribution >= 0.6 is 0 Å². The summed E-state index contributed by atoms with van der Waals surface area (Å²) in [4.78, 5) is 16.2. The number of nitrogens with zero attached hydrogens (tertiary/aromatic N) is 2. The number of aromatic nitrogens is 3. The fourth-order valence-electron chi connectivity index (χ4n) is 2.60. The first-order valence-corrected chi connectivity index (χ1v) is 8.28. The van der Waals surface area contributed by atoms with Crippen LogP contribution in [0.5, 0.6) is 5.75 Å². The van der Waals surface area contributed by atoms with Crippen molar-refractivity contribution in [3.05, 3.63) is 42.0 Å². The van der Waals surface area contributed by atoms with Crippen LogP contribution in [-0.4, -0.2) is 47.0 Å². The van der Waals surface area contributed by atoms with Gasteiger partial charge in [0.25, 0.3) is 5.91 Å². The smallest absolute Gasteiger partial charge is 0.251 e. The first kappa shape index (κ1) is 16.4. The molecule has 7 heteroatoms. The molecule has 1 amide bonds. The lowest BCUT2D eigenvalue weighted by Crippen LogP contribution is -2.25. The Bertz CT molecular complexity index is 639. The summed E-state index contributed by atoms with van der Waals surface area (Å²) in [6.45, 7) is 1.92. The Hall–Kier alpha value is -2.41. The van der Waals surface area contributed by atoms with E-state index in [0.717, 1.165) is 38.1 Å². The van der Waals surface area contributed by atoms with Gasteiger partial charge in [0.2, 0.25) is 0 Å². The van der Waals surface area contributed by atoms with Crippen molar-refractivity contribution in [2.45, 2.75) is 31.8 Å². The average Bonchev–Trinajstić information content (AvgIpc) is 3.30. The number of nitrogens with one attached hydrogen (secondary N) is 2. The number of benzene rings is 1. The maximum Gasteiger partial charge on any atom is 0.251 e. The molecule has 0 aliphatic carbocycles. The van der Waals surface area contributed by atoms with E-state index in [1.807, 2.05) is 12.1 Å². The predicted molar refractivity (Wildman–Crippen MR) is 87.9 cm³/mol. The van der Waals surface area contributed by atoms with Gasteiger partial charge in [-0.25, -0.2) is 4.98 Å². The van der Waals surface area contributed by atoms with Gasteiger partial charge < -0.3 is 14.8 Å². The fraction of sp³-hybridized carbons (Fsp3) is 0.471. The molecule has 1 saturated heterocycles. The number of carbonyl (C=O) groups excluding carboxylic acids is 1. The molecule has 1 aliphatic heterocycles. The molecule has 128 valence electrons. The number of hydrogen-bond acceptors (Lipinski definition) is 5. The van der Waals surface area contributed by atoms with Gasteiger partial charge in [0.05, 0.1) is 6.10 Å². The number of aromatic amines is 1. The van der Waals surface area contributed by atoms with Gasteiger partial charge in [0.1, 0.15) is 24.5 Å². The molecule has 7 nitrogen and oxygen atoms in total. The predicted octanol–water partition coefficient (Wildman–Crippen LogP) is 1.73. The molecule has 0 bridgehead atoms. The lowest BCUT2D eigenvalue weighted by Gasteiger charge is -2.12. The van der Waals surface area contributed by atoms with Gasteiger partial charge in [-0.2, -0.15) is 5.10 Å². The molecule has 1 fully saturated rings. The van der Waals surface area contributed by atoms with E-state index in [1.165, 1.54) is 6.33 Å². The molecule has 0 saturated carbocycles. The van der Waals surface area contributed by atoms with Crippen LogP contribution in [0.2, 0.25) is 0 Å². The molecule has 0 unspecified atom stereocenters. The fourth-order valence-corrected chi connectivity index (χ4v) is 2.60. The Morgan fingerprint density at radius 1 is 1.46 bits per heavy atom. The number of hydrogen-bond donors (Lipinski definition) is 2. The Morgan fingerprint density at radius 3 is 3.21 bits per heavy atom. The van der Waals surface area contributed by atoms with Crippen molar-refractivity contribution in [1.29, 1.82) is 0 Å². The van der Waals surface area contributed by atoms with E-state index >= 15 is 0 Å². The zero-order chi connectivity index (χ0) is 16.6. The summed E-state index contributed by atoms with van der Waals surface area (Å²) in [5, 5.41) is 9.50. The zero-order valence-electron chi connectivity index (χ0n) is 13.5. The monoisotopic (exact) mass is 330 g/mol. The maximum atomic E-state index is 12.2. The number of H-pyrrole nitrogens is 1. The van der Waals surface area contributed by atoms with Crippen molar-refractivity contribution in [3.8, 4) is 5.75 Å². The van der Waals surface area contributed by atoms with E-state index in [9.17, 15) is 4.79 Å². The minimum Gasteiger partial charge on any atom is -0.491 e. The number of amides is 1. The second-order valence-corrected chi connectivity index (χ2v) is 5.77. The van der Waals surface area contributed by atoms with Crippen molar-refractivity contribution < 1.29 is 14.3 Å². The quantitative estimate of drug-likeness (QED) is 0.720. The van der Waals surface area contributed by atoms with Gasteiger partial charge in [0.15, 0.2) is 0 Å². The largest absolute Gasteiger partial charge is 0.491 e. The van der Waals surface area contributed by atoms with Gasteiger partial charge in [-0.3, -0.25) is 9.89 Å². The summed E-state index contributed by atoms with van der Waals surface area (Å²) in [5.74, 6) is 1.42. The van der Waals surface area contributed by atoms with Crippen LogP contribution < -0.4 is 10.1 Å². The molecule has 1 aromatic heterocycles. The third-order valence-electron chi connectivity index (χ3n) is 3.90. The molecular formula is C17H22N4O3. The molecule has 1 aromatic carbocycles. The van der Waals surface area contributed by atoms with Crippen LogP contribution in [0, 0.1) is 0 Å². The number of ether oxygens (including phenoxy) is 2. The van der Waals surface area contributed by atoms with Gasteiger partial charge >= 0.3 is 0 Å². The van der Waals surface area contributed by atoms with Crippen molar-refractivity contribution in [1.82, 2.24) is 20.5 Å². The van der Waals surface area contributed by atoms with Gasteiger partial charge in [0, 0.05) is 25.1 Å². The molecular weight excluding hydrogens is 308 g/mol. The summed E-state index contributed by atoms with van der Waals surface area (Å²) in [6, 6.07) is 7.23. The first-order valence-electron chi connectivity index (χ1n) is 8.28. The van der Waals surface area contributed by atoms with Crippen LogP contribution in [0.4, 0.5) is 0 Å². The van der Waals surface area contributed by atoms with Crippen molar-refractivity contribution in [2.75, 3.05) is 19.8 Å². The summed E-state index contributed by atoms with van der Waals surface area (Å²) in [6.07, 6.45) is 5.32. The highest BCUT2D eigenvalue weighted by molar-refractivity contribution is 5.94. The summed E-state index contributed by atoms with van der Waals surface area (Å²) in [7, 11) is 0. The molecule has 2 heterocycles. The SMILES string of the molecule is O=C(NCCCc1ncn[nH]1)c1cccc(OC[C@@H]2CCCO2)c1. The van der Waals surface area contributed by atoms with Crippen LogP contribution in [-0.2, 0) is 11.2 Å². The van der Waals surface area contributed by atoms with Crippen LogP contribution in [0.1, 0.15) is 35.4 Å². The van der Waals surface area contributed by atoms with E-state index in [1.54, 1.807) is 12.1 Å². The topological polar surface area (TPSA) is 89.1 Å². The Labute approximate surface area is 140 Å². The van der Waals surface area contributed by atoms with E-state index in [2.05, 4.69) is 20.5 Å². The van der Waals surface area contributed by atoms with Crippen molar-refractivity contribution >= 4 is 5.91 Å². The maximum absolute atomic E-state index is 12.2. The van der Waals surface area contributed by atoms with E-state index < -0.39 is 0 Å². The van der Waals surface area contributed by atoms with Gasteiger partial charge in [-0.05, 0) is 37.5 Å². The standard InChI is InChI=1S/C17H22N4O3/c22-17(18-8-2-7-16-19-12-20-21-16)13-4-1-5-14(10-13)24-11-15-6-3-9-23-15/h1,4-5,10,12,15H,2-3,6-9,11H2,(H,18,22)(H,19,20,21)/t15-/m0/s1. The molecule has 1 atom stereocenters. The Morgan fingerprint density at radius 2 is 2.42 bits per heavy atom. The van der Waals surface area contributed by atoms with Crippen LogP contribution in [0.25, 0.3) is 0 Å². The molecule has 3 rings (SSSR count). The van der Waals surface area contributed by atoms with Crippen LogP contribution in [0.3, 0.4) is 0 Å². The van der Waals surface area contributed by atoms with E-state index in [-0.39, 0.29) is 12.0 Å². The summed E-state index contributed by atoms with van der Waals surface area (Å²) >= 11 is 0. The molecule has 2 N–H and O–H groups in total. The van der Waals surface area contributed by atoms with Crippen molar-refractivity contribution in [2.24, 2.45) is 0 Å². The van der Waals surface area contributed by atoms with E-state index in [0.29, 0.717) is 24.5 Å². The normalized spacial score (nSPS) is 16.9. The highest BCUT2D eigenvalue weighted by atomic mass is 16.5. The second-order valence-electron chi connectivity index (χ2n) is 5.77. The highest BCUT2D eigenvalue weighted by Crippen LogP contribution is 2.17. The third kappa shape index (κ3) is 4.79. The number of aryl methyl sites for hydroxylation is 1. The Kier molecular flexibility index (Phi) is 5.79. The summed E-state index contributed by atoms with van der Waals surface area (Å²) in [5.41, 5.74) is 0.597. The lowest BCUT2D eigenvalue weighted by molar-refractivity contribution is 0.0679. The van der Waals surface area contributed by atoms with Gasteiger partial charge in [-0.1, -0.05) is 6.07 Å². The molecule has 24 heavy (non-hydrogen) atoms. The third-order valence-corrected chi connectivity index (χ3v) is 3.90. The van der Waals surface area contributed by atoms with Gasteiger partial charge in [-0.15, -0.1) is 0 Å². The second kappa shape index (κ2) is 8.44. The molecule has 2 aromatic rings. The molecule has 0 spiro atoms. The van der Waals surface area contributed by atoms with Crippen molar-refractivity contribution in [3.63, 3.8) is 0 Å². The molecule has 0 radical (unpaired) electrons. The minimum atomic E-state index is -0.102. The molecule has 1 aliphatic rings. The average molecular weight is 330 g/mol. The minimum absolute atomic E-state index is 0.102. The summed E-state index contributed by atoms with van der Waals surface area (Å²) < 4.78 is 11.3. The highest BCUT2D eigenvalue weighted by Gasteiger charge is 2.16. The zero-order valence-corrected chi connectivity index (χ0v) is 13.5. The van der Waals surface area contributed by atoms with E-state index in [4.69, 9.17) is 9.47 Å². The first-order chi connectivity index (χ1) is 11.8. The van der Waals surface area contributed by atoms with Crippen LogP contribution in [0.15, 0.2) is 30.6 Å².